The quantitative estimate of drug-likeness (QED) is 0.267. The summed E-state index contributed by atoms with van der Waals surface area (Å²) in [5, 5.41) is 17.9. The van der Waals surface area contributed by atoms with Gasteiger partial charge in [-0.25, -0.2) is 15.0 Å². The van der Waals surface area contributed by atoms with Crippen LogP contribution in [-0.4, -0.2) is 38.9 Å². The Morgan fingerprint density at radius 3 is 2.79 bits per heavy atom. The summed E-state index contributed by atoms with van der Waals surface area (Å²) < 4.78 is 5.47. The van der Waals surface area contributed by atoms with E-state index in [9.17, 15) is 14.9 Å². The van der Waals surface area contributed by atoms with Crippen LogP contribution in [-0.2, 0) is 4.79 Å². The van der Waals surface area contributed by atoms with Crippen LogP contribution in [0.1, 0.15) is 6.92 Å². The first-order chi connectivity index (χ1) is 13.4. The average molecular weight is 403 g/mol. The van der Waals surface area contributed by atoms with Crippen LogP contribution in [0.15, 0.2) is 36.8 Å². The van der Waals surface area contributed by atoms with Gasteiger partial charge in [-0.1, -0.05) is 11.6 Å². The summed E-state index contributed by atoms with van der Waals surface area (Å²) in [6.07, 6.45) is 2.85. The molecule has 2 heterocycles. The van der Waals surface area contributed by atoms with Crippen molar-refractivity contribution in [1.82, 2.24) is 20.3 Å². The monoisotopic (exact) mass is 402 g/mol. The van der Waals surface area contributed by atoms with Gasteiger partial charge >= 0.3 is 5.69 Å². The summed E-state index contributed by atoms with van der Waals surface area (Å²) in [7, 11) is 0. The summed E-state index contributed by atoms with van der Waals surface area (Å²) in [6.45, 7) is 1.68. The third kappa shape index (κ3) is 4.60. The molecule has 0 fully saturated rings. The van der Waals surface area contributed by atoms with Crippen LogP contribution in [0.2, 0.25) is 5.15 Å². The lowest BCUT2D eigenvalue weighted by atomic mass is 10.2. The van der Waals surface area contributed by atoms with Gasteiger partial charge in [0.2, 0.25) is 5.91 Å². The SMILES string of the molecule is CC(=O)NCCOc1cc2ncnc(Nc3ccc(Cl)nc3)c2cc1[N+](=O)[O-]. The van der Waals surface area contributed by atoms with Crippen molar-refractivity contribution in [2.75, 3.05) is 18.5 Å². The molecule has 2 aromatic heterocycles. The minimum Gasteiger partial charge on any atom is -0.485 e. The second kappa shape index (κ2) is 8.44. The van der Waals surface area contributed by atoms with Crippen molar-refractivity contribution in [1.29, 1.82) is 0 Å². The number of fused-ring (bicyclic) bond motifs is 1. The number of hydrogen-bond acceptors (Lipinski definition) is 8. The Hall–Kier alpha value is -3.53. The molecule has 1 amide bonds. The van der Waals surface area contributed by atoms with E-state index >= 15 is 0 Å². The fraction of sp³-hybridized carbons (Fsp3) is 0.176. The number of ether oxygens (including phenoxy) is 1. The highest BCUT2D eigenvalue weighted by molar-refractivity contribution is 6.29. The summed E-state index contributed by atoms with van der Waals surface area (Å²) >= 11 is 5.78. The van der Waals surface area contributed by atoms with E-state index in [1.165, 1.54) is 31.6 Å². The molecule has 0 atom stereocenters. The molecule has 10 nitrogen and oxygen atoms in total. The Bertz CT molecular complexity index is 1030. The first kappa shape index (κ1) is 19.2. The van der Waals surface area contributed by atoms with E-state index in [0.717, 1.165) is 0 Å². The molecule has 0 aliphatic heterocycles. The normalized spacial score (nSPS) is 10.5. The molecule has 0 saturated carbocycles. The molecule has 3 aromatic rings. The van der Waals surface area contributed by atoms with Crippen molar-refractivity contribution in [3.63, 3.8) is 0 Å². The predicted molar refractivity (Wildman–Crippen MR) is 103 cm³/mol. The van der Waals surface area contributed by atoms with Crippen LogP contribution >= 0.6 is 11.6 Å². The van der Waals surface area contributed by atoms with Gasteiger partial charge in [-0.15, -0.1) is 0 Å². The fourth-order valence-corrected chi connectivity index (χ4v) is 2.52. The summed E-state index contributed by atoms with van der Waals surface area (Å²) in [4.78, 5) is 34.1. The molecule has 1 aromatic carbocycles. The van der Waals surface area contributed by atoms with Crippen LogP contribution in [0, 0.1) is 10.1 Å². The van der Waals surface area contributed by atoms with Gasteiger partial charge in [0.15, 0.2) is 5.75 Å². The number of rotatable bonds is 7. The van der Waals surface area contributed by atoms with Crippen LogP contribution in [0.5, 0.6) is 5.75 Å². The number of amides is 1. The van der Waals surface area contributed by atoms with Gasteiger partial charge in [-0.05, 0) is 12.1 Å². The van der Waals surface area contributed by atoms with E-state index in [2.05, 4.69) is 25.6 Å². The van der Waals surface area contributed by atoms with Crippen molar-refractivity contribution in [2.45, 2.75) is 6.92 Å². The number of anilines is 2. The van der Waals surface area contributed by atoms with Gasteiger partial charge in [0.05, 0.1) is 34.3 Å². The number of hydrogen-bond donors (Lipinski definition) is 2. The van der Waals surface area contributed by atoms with Crippen molar-refractivity contribution in [2.24, 2.45) is 0 Å². The number of carbonyl (C=O) groups is 1. The minimum absolute atomic E-state index is 0.0562. The third-order valence-corrected chi connectivity index (χ3v) is 3.86. The van der Waals surface area contributed by atoms with Crippen molar-refractivity contribution < 1.29 is 14.5 Å². The van der Waals surface area contributed by atoms with Crippen LogP contribution in [0.3, 0.4) is 0 Å². The Morgan fingerprint density at radius 2 is 2.11 bits per heavy atom. The zero-order valence-electron chi connectivity index (χ0n) is 14.7. The Kier molecular flexibility index (Phi) is 5.80. The first-order valence-corrected chi connectivity index (χ1v) is 8.51. The minimum atomic E-state index is -0.548. The number of halogens is 1. The number of nitro groups is 1. The van der Waals surface area contributed by atoms with Gasteiger partial charge in [-0.2, -0.15) is 0 Å². The molecule has 2 N–H and O–H groups in total. The maximum Gasteiger partial charge on any atom is 0.311 e. The van der Waals surface area contributed by atoms with Crippen LogP contribution in [0.25, 0.3) is 10.9 Å². The highest BCUT2D eigenvalue weighted by atomic mass is 35.5. The number of benzene rings is 1. The van der Waals surface area contributed by atoms with Gasteiger partial charge in [0, 0.05) is 19.1 Å². The number of aromatic nitrogens is 3. The van der Waals surface area contributed by atoms with E-state index in [-0.39, 0.29) is 30.5 Å². The molecule has 0 spiro atoms. The van der Waals surface area contributed by atoms with Crippen molar-refractivity contribution >= 4 is 45.6 Å². The second-order valence-electron chi connectivity index (χ2n) is 5.64. The molecule has 11 heteroatoms. The topological polar surface area (TPSA) is 132 Å². The number of nitrogens with zero attached hydrogens (tertiary/aromatic N) is 4. The molecular formula is C17H15ClN6O4. The van der Waals surface area contributed by atoms with Crippen LogP contribution in [0.4, 0.5) is 17.2 Å². The van der Waals surface area contributed by atoms with Crippen molar-refractivity contribution in [3.05, 3.63) is 52.1 Å². The maximum absolute atomic E-state index is 11.5. The van der Waals surface area contributed by atoms with E-state index < -0.39 is 4.92 Å². The number of pyridine rings is 1. The Labute approximate surface area is 164 Å². The molecule has 3 rings (SSSR count). The standard InChI is InChI=1S/C17H15ClN6O4/c1-10(25)19-4-5-28-15-7-13-12(6-14(15)24(26)27)17(22-9-21-13)23-11-2-3-16(18)20-8-11/h2-3,6-9H,4-5H2,1H3,(H,19,25)(H,21,22,23). The zero-order valence-corrected chi connectivity index (χ0v) is 15.4. The highest BCUT2D eigenvalue weighted by Crippen LogP contribution is 2.34. The second-order valence-corrected chi connectivity index (χ2v) is 6.03. The molecule has 0 saturated heterocycles. The summed E-state index contributed by atoms with van der Waals surface area (Å²) in [5.74, 6) is 0.222. The first-order valence-electron chi connectivity index (χ1n) is 8.13. The molecular weight excluding hydrogens is 388 g/mol. The predicted octanol–water partition coefficient (Wildman–Crippen LogP) is 2.84. The summed E-state index contributed by atoms with van der Waals surface area (Å²) in [6, 6.07) is 6.12. The van der Waals surface area contributed by atoms with Gasteiger partial charge in [-0.3, -0.25) is 14.9 Å². The smallest absolute Gasteiger partial charge is 0.311 e. The molecule has 0 bridgehead atoms. The maximum atomic E-state index is 11.5. The van der Waals surface area contributed by atoms with Crippen molar-refractivity contribution in [3.8, 4) is 5.75 Å². The van der Waals surface area contributed by atoms with E-state index in [0.29, 0.717) is 27.6 Å². The Morgan fingerprint density at radius 1 is 1.29 bits per heavy atom. The fourth-order valence-electron chi connectivity index (χ4n) is 2.40. The van der Waals surface area contributed by atoms with Crippen LogP contribution < -0.4 is 15.4 Å². The van der Waals surface area contributed by atoms with Gasteiger partial charge < -0.3 is 15.4 Å². The number of nitrogens with one attached hydrogen (secondary N) is 2. The van der Waals surface area contributed by atoms with E-state index in [1.54, 1.807) is 12.1 Å². The largest absolute Gasteiger partial charge is 0.485 e. The van der Waals surface area contributed by atoms with E-state index in [1.807, 2.05) is 0 Å². The summed E-state index contributed by atoms with van der Waals surface area (Å²) in [5.41, 5.74) is 0.838. The highest BCUT2D eigenvalue weighted by Gasteiger charge is 2.19. The lowest BCUT2D eigenvalue weighted by Crippen LogP contribution is -2.25. The molecule has 0 radical (unpaired) electrons. The number of carbonyl (C=O) groups excluding carboxylic acids is 1. The number of nitro benzene ring substituents is 1. The third-order valence-electron chi connectivity index (χ3n) is 3.64. The molecule has 144 valence electrons. The van der Waals surface area contributed by atoms with Gasteiger partial charge in [0.1, 0.15) is 23.9 Å². The molecule has 0 aliphatic carbocycles. The lowest BCUT2D eigenvalue weighted by Gasteiger charge is -2.11. The average Bonchev–Trinajstić information content (AvgIpc) is 2.66. The molecule has 0 aliphatic rings. The zero-order chi connectivity index (χ0) is 20.1. The Balaban J connectivity index is 1.92. The van der Waals surface area contributed by atoms with E-state index in [4.69, 9.17) is 16.3 Å². The van der Waals surface area contributed by atoms with Gasteiger partial charge in [0.25, 0.3) is 0 Å². The molecule has 28 heavy (non-hydrogen) atoms. The lowest BCUT2D eigenvalue weighted by molar-refractivity contribution is -0.385. The molecule has 0 unspecified atom stereocenters.